The maximum absolute atomic E-state index is 13.7. The summed E-state index contributed by atoms with van der Waals surface area (Å²) in [4.78, 5) is 13.7. The van der Waals surface area contributed by atoms with E-state index < -0.39 is 27.1 Å². The first kappa shape index (κ1) is 29.5. The van der Waals surface area contributed by atoms with Gasteiger partial charge in [-0.1, -0.05) is 0 Å². The van der Waals surface area contributed by atoms with Gasteiger partial charge in [-0.2, -0.15) is 0 Å². The SMILES string of the molecule is CC1=C(C)C(C)[C]([Zr+2]([NH]C(=O)c2ccccc2C)[SiH](c2ccccc2)c2ccccc2)=C1C.[Cl-].[Cl-]. The van der Waals surface area contributed by atoms with Crippen LogP contribution in [0.2, 0.25) is 0 Å². The fraction of sp³-hybridized carbons (Fsp3) is 0.207. The third-order valence-corrected chi connectivity index (χ3v) is 26.3. The molecule has 181 valence electrons. The molecule has 0 heterocycles. The summed E-state index contributed by atoms with van der Waals surface area (Å²) in [6.45, 7) is 11.2. The summed E-state index contributed by atoms with van der Waals surface area (Å²) in [7, 11) is 0. The van der Waals surface area contributed by atoms with Crippen molar-refractivity contribution in [3.63, 3.8) is 0 Å². The van der Waals surface area contributed by atoms with Gasteiger partial charge in [-0.05, 0) is 0 Å². The third kappa shape index (κ3) is 6.17. The molecular weight excluding hydrogens is 569 g/mol. The minimum Gasteiger partial charge on any atom is -1.00 e. The van der Waals surface area contributed by atoms with Crippen LogP contribution in [0.25, 0.3) is 0 Å². The van der Waals surface area contributed by atoms with Crippen LogP contribution in [0, 0.1) is 12.8 Å². The van der Waals surface area contributed by atoms with Gasteiger partial charge in [0, 0.05) is 0 Å². The van der Waals surface area contributed by atoms with Crippen LogP contribution in [-0.4, -0.2) is 11.8 Å². The largest absolute Gasteiger partial charge is 1.00 e. The number of carbonyl (C=O) groups excluding carboxylic acids is 1. The Morgan fingerprint density at radius 1 is 0.743 bits per heavy atom. The van der Waals surface area contributed by atoms with Crippen LogP contribution in [0.1, 0.15) is 43.6 Å². The van der Waals surface area contributed by atoms with Crippen molar-refractivity contribution in [1.82, 2.24) is 3.26 Å². The molecule has 0 saturated carbocycles. The number of allylic oxidation sites excluding steroid dienone is 4. The maximum Gasteiger partial charge on any atom is -1.00 e. The van der Waals surface area contributed by atoms with E-state index in [1.807, 2.05) is 31.2 Å². The Balaban J connectivity index is 0.00000216. The van der Waals surface area contributed by atoms with E-state index in [0.29, 0.717) is 5.92 Å². The predicted molar refractivity (Wildman–Crippen MR) is 138 cm³/mol. The molecule has 4 rings (SSSR count). The van der Waals surface area contributed by atoms with Gasteiger partial charge in [0.25, 0.3) is 0 Å². The second-order valence-electron chi connectivity index (χ2n) is 9.01. The van der Waals surface area contributed by atoms with Gasteiger partial charge in [-0.15, -0.1) is 0 Å². The third-order valence-electron chi connectivity index (χ3n) is 7.12. The molecule has 0 spiro atoms. The van der Waals surface area contributed by atoms with Gasteiger partial charge >= 0.3 is 208 Å². The number of nitrogens with one attached hydrogen (secondary N) is 1. The summed E-state index contributed by atoms with van der Waals surface area (Å²) in [6, 6.07) is 29.9. The van der Waals surface area contributed by atoms with Gasteiger partial charge in [0.15, 0.2) is 0 Å². The Labute approximate surface area is 231 Å². The molecule has 0 aromatic heterocycles. The zero-order valence-electron chi connectivity index (χ0n) is 20.9. The number of amides is 1. The van der Waals surface area contributed by atoms with Crippen LogP contribution in [0.15, 0.2) is 105 Å². The minimum atomic E-state index is -2.71. The molecule has 3 aromatic rings. The molecule has 2 nitrogen and oxygen atoms in total. The van der Waals surface area contributed by atoms with Gasteiger partial charge in [-0.3, -0.25) is 0 Å². The number of rotatable bonds is 6. The number of halogens is 2. The summed E-state index contributed by atoms with van der Waals surface area (Å²) in [5, 5.41) is 2.86. The average molecular weight is 601 g/mol. The maximum atomic E-state index is 13.7. The van der Waals surface area contributed by atoms with Crippen molar-refractivity contribution in [2.75, 3.05) is 0 Å². The Morgan fingerprint density at radius 2 is 1.23 bits per heavy atom. The number of benzene rings is 3. The van der Waals surface area contributed by atoms with E-state index in [9.17, 15) is 4.79 Å². The summed E-state index contributed by atoms with van der Waals surface area (Å²) >= 11 is -2.71. The van der Waals surface area contributed by atoms with E-state index in [4.69, 9.17) is 0 Å². The van der Waals surface area contributed by atoms with Crippen molar-refractivity contribution in [3.05, 3.63) is 116 Å². The van der Waals surface area contributed by atoms with E-state index in [0.717, 1.165) is 11.1 Å². The molecule has 0 fully saturated rings. The van der Waals surface area contributed by atoms with Gasteiger partial charge in [-0.25, -0.2) is 0 Å². The van der Waals surface area contributed by atoms with Crippen molar-refractivity contribution in [2.24, 2.45) is 5.92 Å². The zero-order valence-corrected chi connectivity index (χ0v) is 26.0. The summed E-state index contributed by atoms with van der Waals surface area (Å²) < 4.78 is 5.32. The van der Waals surface area contributed by atoms with Gasteiger partial charge in [0.1, 0.15) is 0 Å². The van der Waals surface area contributed by atoms with E-state index in [2.05, 4.69) is 91.6 Å². The number of carbonyl (C=O) groups is 1. The van der Waals surface area contributed by atoms with Gasteiger partial charge in [0.2, 0.25) is 0 Å². The van der Waals surface area contributed by atoms with Crippen molar-refractivity contribution in [1.29, 1.82) is 0 Å². The van der Waals surface area contributed by atoms with Crippen molar-refractivity contribution in [2.45, 2.75) is 34.6 Å². The number of hydrogen-bond acceptors (Lipinski definition) is 1. The smallest absolute Gasteiger partial charge is 1.00 e. The molecule has 1 aliphatic carbocycles. The van der Waals surface area contributed by atoms with Crippen molar-refractivity contribution < 1.29 is 50.8 Å². The second-order valence-corrected chi connectivity index (χ2v) is 22.9. The molecule has 6 heteroatoms. The first-order chi connectivity index (χ1) is 15.9. The van der Waals surface area contributed by atoms with Crippen LogP contribution in [-0.2, 0) is 21.2 Å². The normalized spacial score (nSPS) is 15.0. The van der Waals surface area contributed by atoms with Crippen molar-refractivity contribution in [3.8, 4) is 0 Å². The fourth-order valence-electron chi connectivity index (χ4n) is 4.93. The molecule has 0 radical (unpaired) electrons. The number of aryl methyl sites for hydroxylation is 1. The molecule has 3 aromatic carbocycles. The fourth-order valence-corrected chi connectivity index (χ4v) is 26.7. The molecular formula is C29H32Cl2NOSiZr. The first-order valence-corrected chi connectivity index (χ1v) is 20.1. The molecule has 35 heavy (non-hydrogen) atoms. The van der Waals surface area contributed by atoms with Crippen LogP contribution in [0.3, 0.4) is 0 Å². The molecule has 0 saturated heterocycles. The summed E-state index contributed by atoms with van der Waals surface area (Å²) in [6.07, 6.45) is 0. The predicted octanol–water partition coefficient (Wildman–Crippen LogP) is -0.936. The Bertz CT molecular complexity index is 1190. The van der Waals surface area contributed by atoms with E-state index in [1.165, 1.54) is 27.1 Å². The second kappa shape index (κ2) is 13.0. The monoisotopic (exact) mass is 598 g/mol. The molecule has 1 atom stereocenters. The van der Waals surface area contributed by atoms with Crippen LogP contribution in [0.4, 0.5) is 0 Å². The van der Waals surface area contributed by atoms with E-state index in [1.54, 1.807) is 3.28 Å². The average Bonchev–Trinajstić information content (AvgIpc) is 3.02. The minimum absolute atomic E-state index is 0. The molecule has 1 amide bonds. The zero-order chi connectivity index (χ0) is 23.5. The topological polar surface area (TPSA) is 29.1 Å². The summed E-state index contributed by atoms with van der Waals surface area (Å²) in [5.74, 6) is -1.16. The van der Waals surface area contributed by atoms with Gasteiger partial charge < -0.3 is 24.8 Å². The Kier molecular flexibility index (Phi) is 11.0. The molecule has 0 bridgehead atoms. The summed E-state index contributed by atoms with van der Waals surface area (Å²) in [5.41, 5.74) is 6.12. The first-order valence-electron chi connectivity index (χ1n) is 11.6. The molecule has 1 N–H and O–H groups in total. The van der Waals surface area contributed by atoms with E-state index >= 15 is 0 Å². The molecule has 0 aliphatic heterocycles. The Hall–Kier alpha value is -1.71. The van der Waals surface area contributed by atoms with Crippen LogP contribution in [0.5, 0.6) is 0 Å². The molecule has 1 aliphatic rings. The number of hydrogen-bond donors (Lipinski definition) is 1. The van der Waals surface area contributed by atoms with Crippen LogP contribution < -0.4 is 38.4 Å². The Morgan fingerprint density at radius 3 is 1.69 bits per heavy atom. The van der Waals surface area contributed by atoms with Crippen LogP contribution >= 0.6 is 0 Å². The standard InChI is InChI=1S/C12H11Si.C9H13.C8H9NO.2ClH.Zr/c1-3-7-11(8-4-1)13-12-9-5-2-6-10-12;1-6-5-7(2)9(4)8(6)3;1-6-4-2-3-5-7(6)8(9)10;;;/h1-10,13H;6H,1-4H3;2-5H,1H3,(H2,9,10);2*1H;/q;;;;;+3/p-3. The quantitative estimate of drug-likeness (QED) is 0.364. The molecule has 1 unspecified atom stereocenters. The van der Waals surface area contributed by atoms with E-state index in [-0.39, 0.29) is 30.7 Å². The van der Waals surface area contributed by atoms with Gasteiger partial charge in [0.05, 0.1) is 0 Å². The van der Waals surface area contributed by atoms with Crippen molar-refractivity contribution >= 4 is 22.2 Å².